The van der Waals surface area contributed by atoms with Gasteiger partial charge in [-0.05, 0) is 41.8 Å². The Hall–Kier alpha value is -2.27. The monoisotopic (exact) mass is 316 g/mol. The number of benzene rings is 2. The number of aromatic carboxylic acids is 1. The molecule has 0 bridgehead atoms. The molecule has 2 aromatic rings. The molecule has 0 spiro atoms. The molecule has 0 unspecified atom stereocenters. The van der Waals surface area contributed by atoms with Crippen molar-refractivity contribution in [3.05, 3.63) is 59.2 Å². The van der Waals surface area contributed by atoms with Gasteiger partial charge in [-0.25, -0.2) is 4.79 Å². The predicted octanol–water partition coefficient (Wildman–Crippen LogP) is 3.73. The van der Waals surface area contributed by atoms with Crippen LogP contribution in [0.25, 0.3) is 0 Å². The van der Waals surface area contributed by atoms with Crippen LogP contribution in [0.15, 0.2) is 52.3 Å². The van der Waals surface area contributed by atoms with Gasteiger partial charge >= 0.3 is 11.9 Å². The Balaban J connectivity index is 2.25. The number of carboxylic acid groups (broad SMARTS) is 2. The Morgan fingerprint density at radius 1 is 1.00 bits per heavy atom. The molecule has 4 nitrogen and oxygen atoms in total. The summed E-state index contributed by atoms with van der Waals surface area (Å²) in [5, 5.41) is 18.1. The summed E-state index contributed by atoms with van der Waals surface area (Å²) >= 11 is 1.46. The Labute approximate surface area is 132 Å². The summed E-state index contributed by atoms with van der Waals surface area (Å²) in [5.41, 5.74) is 1.59. The van der Waals surface area contributed by atoms with Crippen molar-refractivity contribution < 1.29 is 19.8 Å². The molecule has 2 N–H and O–H groups in total. The van der Waals surface area contributed by atoms with Gasteiger partial charge in [0.25, 0.3) is 0 Å². The van der Waals surface area contributed by atoms with Gasteiger partial charge in [0.05, 0.1) is 12.0 Å². The van der Waals surface area contributed by atoms with Gasteiger partial charge < -0.3 is 10.2 Å². The van der Waals surface area contributed by atoms with Gasteiger partial charge in [0, 0.05) is 9.79 Å². The number of aryl methyl sites for hydroxylation is 1. The van der Waals surface area contributed by atoms with Gasteiger partial charge in [0.2, 0.25) is 0 Å². The third-order valence-electron chi connectivity index (χ3n) is 3.22. The Bertz CT molecular complexity index is 692. The van der Waals surface area contributed by atoms with Crippen molar-refractivity contribution in [1.29, 1.82) is 0 Å². The molecule has 0 amide bonds. The van der Waals surface area contributed by atoms with E-state index in [4.69, 9.17) is 5.11 Å². The van der Waals surface area contributed by atoms with E-state index >= 15 is 0 Å². The van der Waals surface area contributed by atoms with E-state index < -0.39 is 11.9 Å². The summed E-state index contributed by atoms with van der Waals surface area (Å²) in [6.07, 6.45) is 0.676. The lowest BCUT2D eigenvalue weighted by Crippen LogP contribution is -2.07. The molecule has 0 heterocycles. The van der Waals surface area contributed by atoms with Crippen molar-refractivity contribution in [2.75, 3.05) is 0 Å². The molecule has 2 aromatic carbocycles. The van der Waals surface area contributed by atoms with E-state index in [1.165, 1.54) is 23.4 Å². The van der Waals surface area contributed by atoms with Crippen LogP contribution in [-0.4, -0.2) is 22.2 Å². The molecule has 0 aliphatic rings. The number of hydrogen-bond donors (Lipinski definition) is 2. The zero-order chi connectivity index (χ0) is 16.1. The molecule has 0 aliphatic heterocycles. The van der Waals surface area contributed by atoms with E-state index in [1.807, 2.05) is 24.3 Å². The van der Waals surface area contributed by atoms with Crippen molar-refractivity contribution in [3.63, 3.8) is 0 Å². The molecular formula is C17H16O4S. The van der Waals surface area contributed by atoms with E-state index in [9.17, 15) is 14.7 Å². The average molecular weight is 316 g/mol. The molecule has 0 saturated carbocycles. The Morgan fingerprint density at radius 3 is 2.18 bits per heavy atom. The highest BCUT2D eigenvalue weighted by Gasteiger charge is 2.14. The van der Waals surface area contributed by atoms with Crippen LogP contribution in [0.2, 0.25) is 0 Å². The minimum atomic E-state index is -1.11. The van der Waals surface area contributed by atoms with Crippen LogP contribution >= 0.6 is 11.8 Å². The first-order chi connectivity index (χ1) is 10.5. The summed E-state index contributed by atoms with van der Waals surface area (Å²) in [4.78, 5) is 23.9. The van der Waals surface area contributed by atoms with E-state index in [-0.39, 0.29) is 12.0 Å². The SMILES string of the molecule is CCc1ccc(Sc2ccc(CC(=O)O)c(C(=O)O)c2)cc1. The fourth-order valence-corrected chi connectivity index (χ4v) is 2.92. The van der Waals surface area contributed by atoms with Crippen molar-refractivity contribution >= 4 is 23.7 Å². The van der Waals surface area contributed by atoms with Gasteiger partial charge in [0.15, 0.2) is 0 Å². The molecular weight excluding hydrogens is 300 g/mol. The van der Waals surface area contributed by atoms with Crippen LogP contribution in [-0.2, 0) is 17.6 Å². The molecule has 0 radical (unpaired) electrons. The lowest BCUT2D eigenvalue weighted by Gasteiger charge is -2.08. The second-order valence-corrected chi connectivity index (χ2v) is 5.94. The zero-order valence-electron chi connectivity index (χ0n) is 12.1. The number of aliphatic carboxylic acids is 1. The topological polar surface area (TPSA) is 74.6 Å². The maximum atomic E-state index is 11.3. The molecule has 22 heavy (non-hydrogen) atoms. The fraction of sp³-hybridized carbons (Fsp3) is 0.176. The minimum absolute atomic E-state index is 0.0394. The van der Waals surface area contributed by atoms with Crippen molar-refractivity contribution in [1.82, 2.24) is 0 Å². The normalized spacial score (nSPS) is 10.4. The fourth-order valence-electron chi connectivity index (χ4n) is 2.06. The van der Waals surface area contributed by atoms with Crippen LogP contribution in [0.4, 0.5) is 0 Å². The van der Waals surface area contributed by atoms with E-state index in [0.29, 0.717) is 5.56 Å². The molecule has 0 atom stereocenters. The van der Waals surface area contributed by atoms with Gasteiger partial charge in [-0.2, -0.15) is 0 Å². The van der Waals surface area contributed by atoms with Crippen LogP contribution < -0.4 is 0 Å². The van der Waals surface area contributed by atoms with Crippen molar-refractivity contribution in [2.24, 2.45) is 0 Å². The first-order valence-corrected chi connectivity index (χ1v) is 7.66. The summed E-state index contributed by atoms with van der Waals surface area (Å²) in [7, 11) is 0. The van der Waals surface area contributed by atoms with Gasteiger partial charge in [0.1, 0.15) is 0 Å². The first kappa shape index (κ1) is 16.1. The van der Waals surface area contributed by atoms with Crippen LogP contribution in [0.1, 0.15) is 28.4 Å². The summed E-state index contributed by atoms with van der Waals surface area (Å²) in [6.45, 7) is 2.09. The Kier molecular flexibility index (Phi) is 5.22. The van der Waals surface area contributed by atoms with Gasteiger partial charge in [-0.15, -0.1) is 0 Å². The summed E-state index contributed by atoms with van der Waals surface area (Å²) in [5.74, 6) is -2.15. The standard InChI is InChI=1S/C17H16O4S/c1-2-11-3-6-13(7-4-11)22-14-8-5-12(9-16(18)19)15(10-14)17(20)21/h3-8,10H,2,9H2,1H3,(H,18,19)(H,20,21). The largest absolute Gasteiger partial charge is 0.481 e. The van der Waals surface area contributed by atoms with Crippen LogP contribution in [0.5, 0.6) is 0 Å². The molecule has 0 fully saturated rings. The molecule has 0 saturated heterocycles. The summed E-state index contributed by atoms with van der Waals surface area (Å²) in [6, 6.07) is 12.9. The quantitative estimate of drug-likeness (QED) is 0.849. The molecule has 0 aromatic heterocycles. The summed E-state index contributed by atoms with van der Waals surface area (Å²) < 4.78 is 0. The first-order valence-electron chi connectivity index (χ1n) is 6.84. The van der Waals surface area contributed by atoms with Crippen molar-refractivity contribution in [3.8, 4) is 0 Å². The maximum absolute atomic E-state index is 11.3. The van der Waals surface area contributed by atoms with Crippen molar-refractivity contribution in [2.45, 2.75) is 29.6 Å². The highest BCUT2D eigenvalue weighted by atomic mass is 32.2. The van der Waals surface area contributed by atoms with Crippen LogP contribution in [0, 0.1) is 0 Å². The smallest absolute Gasteiger partial charge is 0.336 e. The number of carboxylic acids is 2. The van der Waals surface area contributed by atoms with Gasteiger partial charge in [-0.3, -0.25) is 4.79 Å². The average Bonchev–Trinajstić information content (AvgIpc) is 2.49. The molecule has 114 valence electrons. The Morgan fingerprint density at radius 2 is 1.64 bits per heavy atom. The lowest BCUT2D eigenvalue weighted by molar-refractivity contribution is -0.136. The minimum Gasteiger partial charge on any atom is -0.481 e. The maximum Gasteiger partial charge on any atom is 0.336 e. The second-order valence-electron chi connectivity index (χ2n) is 4.79. The highest BCUT2D eigenvalue weighted by molar-refractivity contribution is 7.99. The zero-order valence-corrected chi connectivity index (χ0v) is 12.9. The predicted molar refractivity (Wildman–Crippen MR) is 84.7 cm³/mol. The van der Waals surface area contributed by atoms with E-state index in [1.54, 1.807) is 12.1 Å². The molecule has 5 heteroatoms. The molecule has 2 rings (SSSR count). The number of hydrogen-bond acceptors (Lipinski definition) is 3. The molecule has 0 aliphatic carbocycles. The van der Waals surface area contributed by atoms with Crippen LogP contribution in [0.3, 0.4) is 0 Å². The van der Waals surface area contributed by atoms with E-state index in [0.717, 1.165) is 16.2 Å². The third-order valence-corrected chi connectivity index (χ3v) is 4.22. The lowest BCUT2D eigenvalue weighted by atomic mass is 10.1. The van der Waals surface area contributed by atoms with E-state index in [2.05, 4.69) is 6.92 Å². The number of carbonyl (C=O) groups is 2. The number of rotatable bonds is 6. The third kappa shape index (κ3) is 4.11. The van der Waals surface area contributed by atoms with Gasteiger partial charge in [-0.1, -0.05) is 36.9 Å². The highest BCUT2D eigenvalue weighted by Crippen LogP contribution is 2.29. The second kappa shape index (κ2) is 7.13.